The highest BCUT2D eigenvalue weighted by atomic mass is 79.9. The smallest absolute Gasteiger partial charge is 0.200 e. The molecule has 1 saturated heterocycles. The van der Waals surface area contributed by atoms with E-state index in [4.69, 9.17) is 9.84 Å². The van der Waals surface area contributed by atoms with Gasteiger partial charge in [-0.15, -0.1) is 0 Å². The van der Waals surface area contributed by atoms with Gasteiger partial charge >= 0.3 is 0 Å². The number of benzene rings is 2. The molecule has 3 heterocycles. The number of hydrogen-bond donors (Lipinski definition) is 0. The molecule has 1 atom stereocenters. The van der Waals surface area contributed by atoms with Crippen LogP contribution in [0.3, 0.4) is 0 Å². The molecule has 3 aliphatic rings. The summed E-state index contributed by atoms with van der Waals surface area (Å²) in [5, 5.41) is 7.46. The van der Waals surface area contributed by atoms with Crippen molar-refractivity contribution in [3.8, 4) is 5.75 Å². The molecular formula is C23H25Br2N3O. The van der Waals surface area contributed by atoms with Crippen LogP contribution in [-0.2, 0) is 0 Å². The van der Waals surface area contributed by atoms with Gasteiger partial charge in [-0.25, -0.2) is 5.01 Å². The van der Waals surface area contributed by atoms with Gasteiger partial charge in [-0.05, 0) is 48.9 Å². The van der Waals surface area contributed by atoms with Crippen molar-refractivity contribution in [2.75, 3.05) is 19.6 Å². The number of rotatable bonds is 3. The first kappa shape index (κ1) is 19.6. The van der Waals surface area contributed by atoms with Crippen LogP contribution >= 0.6 is 31.9 Å². The van der Waals surface area contributed by atoms with E-state index in [-0.39, 0.29) is 11.8 Å². The Bertz CT molecular complexity index is 936. The number of hydrogen-bond acceptors (Lipinski definition) is 4. The zero-order valence-electron chi connectivity index (χ0n) is 16.6. The molecule has 0 aromatic heterocycles. The molecule has 0 amide bonds. The van der Waals surface area contributed by atoms with E-state index >= 15 is 0 Å². The first-order valence-corrected chi connectivity index (χ1v) is 12.0. The van der Waals surface area contributed by atoms with Crippen molar-refractivity contribution >= 4 is 37.6 Å². The quantitative estimate of drug-likeness (QED) is 0.502. The molecule has 6 heteroatoms. The Hall–Kier alpha value is -1.37. The number of ether oxygens (including phenoxy) is 1. The van der Waals surface area contributed by atoms with Gasteiger partial charge in [0.15, 0.2) is 0 Å². The number of piperidine rings is 1. The summed E-state index contributed by atoms with van der Waals surface area (Å²) < 4.78 is 8.90. The highest BCUT2D eigenvalue weighted by Crippen LogP contribution is 2.50. The van der Waals surface area contributed by atoms with Crippen LogP contribution in [-0.4, -0.2) is 41.0 Å². The SMILES string of the molecule is CCCN1CCC2(CC1)Oc1ccc(Br)cc1C1CC(c3ccc(Br)cc3)=NN12. The fourth-order valence-electron chi connectivity index (χ4n) is 4.84. The lowest BCUT2D eigenvalue weighted by Gasteiger charge is -2.51. The molecule has 1 unspecified atom stereocenters. The van der Waals surface area contributed by atoms with Gasteiger partial charge in [0.2, 0.25) is 5.72 Å². The van der Waals surface area contributed by atoms with E-state index in [1.807, 2.05) is 0 Å². The van der Waals surface area contributed by atoms with Gasteiger partial charge in [-0.2, -0.15) is 5.10 Å². The van der Waals surface area contributed by atoms with Crippen LogP contribution < -0.4 is 4.74 Å². The molecule has 0 radical (unpaired) electrons. The van der Waals surface area contributed by atoms with Gasteiger partial charge < -0.3 is 9.64 Å². The van der Waals surface area contributed by atoms with Crippen LogP contribution in [0.4, 0.5) is 0 Å². The molecule has 0 N–H and O–H groups in total. The summed E-state index contributed by atoms with van der Waals surface area (Å²) in [4.78, 5) is 2.55. The van der Waals surface area contributed by atoms with Gasteiger partial charge in [-0.3, -0.25) is 0 Å². The minimum atomic E-state index is -0.340. The van der Waals surface area contributed by atoms with E-state index in [0.717, 1.165) is 59.3 Å². The second kappa shape index (κ2) is 7.71. The third-order valence-corrected chi connectivity index (χ3v) is 7.34. The fourth-order valence-corrected chi connectivity index (χ4v) is 5.49. The molecule has 4 nitrogen and oxygen atoms in total. The fraction of sp³-hybridized carbons (Fsp3) is 0.435. The van der Waals surface area contributed by atoms with Crippen molar-refractivity contribution in [1.29, 1.82) is 0 Å². The Balaban J connectivity index is 1.52. The molecule has 152 valence electrons. The molecule has 0 saturated carbocycles. The van der Waals surface area contributed by atoms with E-state index in [9.17, 15) is 0 Å². The number of nitrogens with zero attached hydrogens (tertiary/aromatic N) is 3. The van der Waals surface area contributed by atoms with E-state index in [0.29, 0.717) is 0 Å². The Morgan fingerprint density at radius 1 is 1.07 bits per heavy atom. The van der Waals surface area contributed by atoms with Crippen LogP contribution in [0, 0.1) is 0 Å². The van der Waals surface area contributed by atoms with Crippen molar-refractivity contribution in [3.63, 3.8) is 0 Å². The van der Waals surface area contributed by atoms with E-state index < -0.39 is 0 Å². The molecule has 29 heavy (non-hydrogen) atoms. The number of likely N-dealkylation sites (tertiary alicyclic amines) is 1. The van der Waals surface area contributed by atoms with Gasteiger partial charge in [0.25, 0.3) is 0 Å². The lowest BCUT2D eigenvalue weighted by molar-refractivity contribution is -0.149. The first-order valence-electron chi connectivity index (χ1n) is 10.4. The van der Waals surface area contributed by atoms with Crippen LogP contribution in [0.1, 0.15) is 49.8 Å². The summed E-state index contributed by atoms with van der Waals surface area (Å²) in [6, 6.07) is 15.1. The Morgan fingerprint density at radius 3 is 2.52 bits per heavy atom. The van der Waals surface area contributed by atoms with Gasteiger partial charge in [0.05, 0.1) is 11.8 Å². The zero-order valence-corrected chi connectivity index (χ0v) is 19.7. The third kappa shape index (κ3) is 3.53. The number of halogens is 2. The van der Waals surface area contributed by atoms with E-state index in [1.54, 1.807) is 0 Å². The second-order valence-corrected chi connectivity index (χ2v) is 10.0. The Labute approximate surface area is 189 Å². The summed E-state index contributed by atoms with van der Waals surface area (Å²) in [6.07, 6.45) is 4.07. The van der Waals surface area contributed by atoms with Crippen LogP contribution in [0.5, 0.6) is 5.75 Å². The molecule has 1 spiro atoms. The van der Waals surface area contributed by atoms with Crippen molar-refractivity contribution in [2.24, 2.45) is 5.10 Å². The summed E-state index contributed by atoms with van der Waals surface area (Å²) in [5.41, 5.74) is 3.23. The lowest BCUT2D eigenvalue weighted by Crippen LogP contribution is -2.59. The maximum Gasteiger partial charge on any atom is 0.200 e. The van der Waals surface area contributed by atoms with Gasteiger partial charge in [-0.1, -0.05) is 50.9 Å². The second-order valence-electron chi connectivity index (χ2n) is 8.19. The van der Waals surface area contributed by atoms with Crippen molar-refractivity contribution in [1.82, 2.24) is 9.91 Å². The predicted octanol–water partition coefficient (Wildman–Crippen LogP) is 5.96. The monoisotopic (exact) mass is 517 g/mol. The molecule has 0 aliphatic carbocycles. The lowest BCUT2D eigenvalue weighted by atomic mass is 9.90. The van der Waals surface area contributed by atoms with Crippen LogP contribution in [0.2, 0.25) is 0 Å². The summed E-state index contributed by atoms with van der Waals surface area (Å²) in [5.74, 6) is 1.02. The topological polar surface area (TPSA) is 28.1 Å². The molecule has 2 aromatic rings. The molecule has 0 bridgehead atoms. The highest BCUT2D eigenvalue weighted by molar-refractivity contribution is 9.10. The number of fused-ring (bicyclic) bond motifs is 4. The Kier molecular flexibility index (Phi) is 5.21. The van der Waals surface area contributed by atoms with Crippen LogP contribution in [0.15, 0.2) is 56.5 Å². The maximum atomic E-state index is 6.72. The van der Waals surface area contributed by atoms with Crippen molar-refractivity contribution < 1.29 is 4.74 Å². The molecule has 2 aromatic carbocycles. The standard InChI is InChI=1S/C23H25Br2N3O/c1-2-11-27-12-9-23(10-13-27)28-21(19-14-18(25)7-8-22(19)29-23)15-20(26-28)16-3-5-17(24)6-4-16/h3-8,14,21H,2,9-13,15H2,1H3. The molecular weight excluding hydrogens is 494 g/mol. The summed E-state index contributed by atoms with van der Waals surface area (Å²) in [7, 11) is 0. The minimum absolute atomic E-state index is 0.229. The third-order valence-electron chi connectivity index (χ3n) is 6.31. The normalized spacial score (nSPS) is 22.8. The predicted molar refractivity (Wildman–Crippen MR) is 123 cm³/mol. The van der Waals surface area contributed by atoms with E-state index in [2.05, 4.69) is 91.2 Å². The first-order chi connectivity index (χ1) is 14.1. The summed E-state index contributed by atoms with van der Waals surface area (Å²) in [6.45, 7) is 5.54. The largest absolute Gasteiger partial charge is 0.466 e. The maximum absolute atomic E-state index is 6.72. The van der Waals surface area contributed by atoms with Gasteiger partial charge in [0.1, 0.15) is 5.75 Å². The molecule has 5 rings (SSSR count). The van der Waals surface area contributed by atoms with E-state index in [1.165, 1.54) is 17.5 Å². The summed E-state index contributed by atoms with van der Waals surface area (Å²) >= 11 is 7.18. The number of hydrazone groups is 1. The average Bonchev–Trinajstić information content (AvgIpc) is 3.18. The highest BCUT2D eigenvalue weighted by Gasteiger charge is 2.51. The molecule has 3 aliphatic heterocycles. The van der Waals surface area contributed by atoms with Gasteiger partial charge in [0, 0.05) is 46.9 Å². The zero-order chi connectivity index (χ0) is 20.0. The Morgan fingerprint density at radius 2 is 1.79 bits per heavy atom. The minimum Gasteiger partial charge on any atom is -0.466 e. The van der Waals surface area contributed by atoms with Crippen LogP contribution in [0.25, 0.3) is 0 Å². The molecule has 1 fully saturated rings. The average molecular weight is 519 g/mol. The van der Waals surface area contributed by atoms with Crippen molar-refractivity contribution in [3.05, 3.63) is 62.5 Å². The van der Waals surface area contributed by atoms with Crippen molar-refractivity contribution in [2.45, 2.75) is 44.4 Å².